The van der Waals surface area contributed by atoms with E-state index in [-0.39, 0.29) is 21.6 Å². The van der Waals surface area contributed by atoms with Crippen LogP contribution < -0.4 is 4.90 Å². The molecule has 4 rings (SSSR count). The van der Waals surface area contributed by atoms with Gasteiger partial charge in [-0.1, -0.05) is 11.6 Å². The quantitative estimate of drug-likeness (QED) is 0.588. The van der Waals surface area contributed by atoms with E-state index in [4.69, 9.17) is 27.9 Å². The van der Waals surface area contributed by atoms with Crippen molar-refractivity contribution in [2.24, 2.45) is 0 Å². The van der Waals surface area contributed by atoms with Crippen LogP contribution in [0.3, 0.4) is 0 Å². The van der Waals surface area contributed by atoms with Gasteiger partial charge in [0.05, 0.1) is 17.6 Å². The van der Waals surface area contributed by atoms with Crippen LogP contribution >= 0.6 is 23.2 Å². The Morgan fingerprint density at radius 3 is 2.82 bits per heavy atom. The van der Waals surface area contributed by atoms with Crippen molar-refractivity contribution in [1.29, 1.82) is 0 Å². The normalized spacial score (nSPS) is 24.8. The van der Waals surface area contributed by atoms with Crippen LogP contribution in [-0.2, 0) is 4.74 Å². The van der Waals surface area contributed by atoms with E-state index in [1.54, 1.807) is 0 Å². The Kier molecular flexibility index (Phi) is 3.36. The average Bonchev–Trinajstić information content (AvgIpc) is 2.49. The summed E-state index contributed by atoms with van der Waals surface area (Å²) in [4.78, 5) is 14.2. The fraction of sp³-hybridized carbons (Fsp3) is 0.500. The van der Waals surface area contributed by atoms with Crippen LogP contribution in [-0.4, -0.2) is 40.2 Å². The summed E-state index contributed by atoms with van der Waals surface area (Å²) in [6.45, 7) is 2.34. The third-order valence-electron chi connectivity index (χ3n) is 4.40. The molecule has 1 spiro atoms. The number of fused-ring (bicyclic) bond motifs is 1. The lowest BCUT2D eigenvalue weighted by Gasteiger charge is -2.48. The summed E-state index contributed by atoms with van der Waals surface area (Å²) in [7, 11) is 0. The average molecular weight is 343 g/mol. The van der Waals surface area contributed by atoms with Gasteiger partial charge in [-0.25, -0.2) is 14.4 Å². The van der Waals surface area contributed by atoms with E-state index < -0.39 is 5.82 Å². The van der Waals surface area contributed by atoms with Gasteiger partial charge in [0, 0.05) is 25.7 Å². The Bertz CT molecular complexity index is 753. The number of halogens is 3. The number of pyridine rings is 1. The van der Waals surface area contributed by atoms with E-state index >= 15 is 0 Å². The Morgan fingerprint density at radius 2 is 2.09 bits per heavy atom. The summed E-state index contributed by atoms with van der Waals surface area (Å²) in [5.41, 5.74) is 0.00424. The van der Waals surface area contributed by atoms with E-state index in [9.17, 15) is 4.39 Å². The van der Waals surface area contributed by atoms with E-state index in [0.717, 1.165) is 39.0 Å². The molecule has 116 valence electrons. The van der Waals surface area contributed by atoms with E-state index in [0.29, 0.717) is 11.2 Å². The molecule has 2 aromatic heterocycles. The molecule has 1 atom stereocenters. The molecule has 0 bridgehead atoms. The van der Waals surface area contributed by atoms with Crippen LogP contribution in [0, 0.1) is 5.82 Å². The molecular formula is C14H13Cl2FN4O. The topological polar surface area (TPSA) is 51.1 Å². The standard InChI is InChI=1S/C14H13Cl2FN4O/c15-11-9(17)10-8(6-18-11)12(20-13(16)19-10)21-4-1-2-14(7-21)3-5-22-14/h6H,1-5,7H2/t14-/m0/s1. The zero-order valence-electron chi connectivity index (χ0n) is 11.7. The van der Waals surface area contributed by atoms with Gasteiger partial charge in [-0.15, -0.1) is 0 Å². The van der Waals surface area contributed by atoms with Crippen LogP contribution in [0.25, 0.3) is 10.9 Å². The Morgan fingerprint density at radius 1 is 1.27 bits per heavy atom. The number of ether oxygens (including phenoxy) is 1. The molecule has 22 heavy (non-hydrogen) atoms. The predicted octanol–water partition coefficient (Wildman–Crippen LogP) is 3.23. The van der Waals surface area contributed by atoms with Gasteiger partial charge in [-0.2, -0.15) is 4.98 Å². The minimum atomic E-state index is -0.670. The van der Waals surface area contributed by atoms with Gasteiger partial charge in [0.1, 0.15) is 11.3 Å². The van der Waals surface area contributed by atoms with Gasteiger partial charge < -0.3 is 9.64 Å². The molecule has 0 unspecified atom stereocenters. The molecule has 2 fully saturated rings. The minimum absolute atomic E-state index is 0.00202. The maximum Gasteiger partial charge on any atom is 0.225 e. The molecule has 0 saturated carbocycles. The molecule has 0 amide bonds. The first-order valence-electron chi connectivity index (χ1n) is 7.14. The molecule has 0 aromatic carbocycles. The van der Waals surface area contributed by atoms with Crippen molar-refractivity contribution in [2.75, 3.05) is 24.6 Å². The highest BCUT2D eigenvalue weighted by Crippen LogP contribution is 2.38. The van der Waals surface area contributed by atoms with E-state index in [1.165, 1.54) is 6.20 Å². The molecule has 0 N–H and O–H groups in total. The molecule has 8 heteroatoms. The maximum absolute atomic E-state index is 14.2. The Labute approximate surface area is 136 Å². The highest BCUT2D eigenvalue weighted by Gasteiger charge is 2.42. The summed E-state index contributed by atoms with van der Waals surface area (Å²) in [6, 6.07) is 0. The summed E-state index contributed by atoms with van der Waals surface area (Å²) in [6.07, 6.45) is 4.57. The second-order valence-corrected chi connectivity index (χ2v) is 6.44. The molecule has 4 heterocycles. The fourth-order valence-electron chi connectivity index (χ4n) is 3.23. The Balaban J connectivity index is 1.82. The SMILES string of the molecule is Fc1c(Cl)ncc2c(N3CCC[C@]4(CCO4)C3)nc(Cl)nc12. The number of aromatic nitrogens is 3. The third kappa shape index (κ3) is 2.21. The third-order valence-corrected chi connectivity index (χ3v) is 4.83. The van der Waals surface area contributed by atoms with Crippen molar-refractivity contribution in [2.45, 2.75) is 24.9 Å². The van der Waals surface area contributed by atoms with Crippen molar-refractivity contribution < 1.29 is 9.13 Å². The lowest BCUT2D eigenvalue weighted by molar-refractivity contribution is -0.151. The van der Waals surface area contributed by atoms with E-state index in [1.807, 2.05) is 0 Å². The largest absolute Gasteiger partial charge is 0.373 e. The van der Waals surface area contributed by atoms with Crippen LogP contribution in [0.4, 0.5) is 10.2 Å². The number of nitrogens with zero attached hydrogens (tertiary/aromatic N) is 4. The number of piperidine rings is 1. The minimum Gasteiger partial charge on any atom is -0.373 e. The van der Waals surface area contributed by atoms with Crippen molar-refractivity contribution in [1.82, 2.24) is 15.0 Å². The summed E-state index contributed by atoms with van der Waals surface area (Å²) in [5, 5.41) is 0.297. The van der Waals surface area contributed by atoms with Crippen LogP contribution in [0.1, 0.15) is 19.3 Å². The van der Waals surface area contributed by atoms with Crippen LogP contribution in [0.15, 0.2) is 6.20 Å². The highest BCUT2D eigenvalue weighted by molar-refractivity contribution is 6.30. The van der Waals surface area contributed by atoms with Crippen molar-refractivity contribution in [3.8, 4) is 0 Å². The van der Waals surface area contributed by atoms with Gasteiger partial charge in [0.25, 0.3) is 0 Å². The van der Waals surface area contributed by atoms with Gasteiger partial charge in [-0.3, -0.25) is 0 Å². The number of hydrogen-bond donors (Lipinski definition) is 0. The van der Waals surface area contributed by atoms with Crippen LogP contribution in [0.2, 0.25) is 10.4 Å². The number of rotatable bonds is 1. The molecule has 2 aliphatic rings. The lowest BCUT2D eigenvalue weighted by atomic mass is 9.86. The van der Waals surface area contributed by atoms with Crippen molar-refractivity contribution in [3.63, 3.8) is 0 Å². The number of anilines is 1. The summed E-state index contributed by atoms with van der Waals surface area (Å²) >= 11 is 11.7. The summed E-state index contributed by atoms with van der Waals surface area (Å²) < 4.78 is 19.9. The maximum atomic E-state index is 14.2. The molecule has 5 nitrogen and oxygen atoms in total. The van der Waals surface area contributed by atoms with Crippen molar-refractivity contribution in [3.05, 3.63) is 22.5 Å². The van der Waals surface area contributed by atoms with Gasteiger partial charge in [-0.05, 0) is 24.4 Å². The van der Waals surface area contributed by atoms with E-state index in [2.05, 4.69) is 19.9 Å². The monoisotopic (exact) mass is 342 g/mol. The fourth-order valence-corrected chi connectivity index (χ4v) is 3.53. The van der Waals surface area contributed by atoms with Crippen molar-refractivity contribution >= 4 is 39.9 Å². The smallest absolute Gasteiger partial charge is 0.225 e. The molecular weight excluding hydrogens is 330 g/mol. The molecule has 2 saturated heterocycles. The number of hydrogen-bond acceptors (Lipinski definition) is 5. The second kappa shape index (κ2) is 5.15. The first-order valence-corrected chi connectivity index (χ1v) is 7.90. The van der Waals surface area contributed by atoms with Gasteiger partial charge >= 0.3 is 0 Å². The second-order valence-electron chi connectivity index (χ2n) is 5.75. The Hall–Kier alpha value is -1.24. The molecule has 2 aliphatic heterocycles. The molecule has 2 aromatic rings. The zero-order valence-corrected chi connectivity index (χ0v) is 13.2. The van der Waals surface area contributed by atoms with Gasteiger partial charge in [0.15, 0.2) is 11.0 Å². The highest BCUT2D eigenvalue weighted by atomic mass is 35.5. The first kappa shape index (κ1) is 14.4. The molecule has 0 radical (unpaired) electrons. The predicted molar refractivity (Wildman–Crippen MR) is 82.1 cm³/mol. The molecule has 0 aliphatic carbocycles. The van der Waals surface area contributed by atoms with Gasteiger partial charge in [0.2, 0.25) is 5.28 Å². The van der Waals surface area contributed by atoms with Crippen LogP contribution in [0.5, 0.6) is 0 Å². The summed E-state index contributed by atoms with van der Waals surface area (Å²) in [5.74, 6) is -0.0797. The first-order chi connectivity index (χ1) is 10.6. The lowest BCUT2D eigenvalue weighted by Crippen LogP contribution is -2.56. The zero-order chi connectivity index (χ0) is 15.3.